The average molecular weight is 284 g/mol. The lowest BCUT2D eigenvalue weighted by Crippen LogP contribution is -2.11. The summed E-state index contributed by atoms with van der Waals surface area (Å²) in [6.07, 6.45) is 1.84. The molecule has 3 nitrogen and oxygen atoms in total. The highest BCUT2D eigenvalue weighted by Crippen LogP contribution is 2.29. The van der Waals surface area contributed by atoms with E-state index in [1.54, 1.807) is 0 Å². The summed E-state index contributed by atoms with van der Waals surface area (Å²) in [5.41, 5.74) is 3.73. The molecular formula is C18H24N2O. The van der Waals surface area contributed by atoms with E-state index in [0.29, 0.717) is 5.88 Å². The van der Waals surface area contributed by atoms with Crippen LogP contribution in [0.25, 0.3) is 0 Å². The number of rotatable bonds is 4. The van der Waals surface area contributed by atoms with Crippen molar-refractivity contribution >= 4 is 0 Å². The molecule has 0 bridgehead atoms. The molecule has 2 rings (SSSR count). The van der Waals surface area contributed by atoms with Gasteiger partial charge in [-0.3, -0.25) is 0 Å². The lowest BCUT2D eigenvalue weighted by Gasteiger charge is -2.20. The van der Waals surface area contributed by atoms with E-state index in [2.05, 4.69) is 50.1 Å². The maximum Gasteiger partial charge on any atom is 0.219 e. The van der Waals surface area contributed by atoms with Crippen LogP contribution in [0.2, 0.25) is 0 Å². The molecule has 1 heterocycles. The van der Waals surface area contributed by atoms with Gasteiger partial charge in [0.25, 0.3) is 0 Å². The van der Waals surface area contributed by atoms with E-state index in [9.17, 15) is 0 Å². The Morgan fingerprint density at radius 2 is 1.90 bits per heavy atom. The Labute approximate surface area is 127 Å². The standard InChI is InChI=1S/C18H24N2O/c1-13-10-15(18(2,3)4)7-8-16(13)21-17-9-6-14(11-19-5)12-20-17/h6-10,12,19H,11H2,1-5H3. The lowest BCUT2D eigenvalue weighted by molar-refractivity contribution is 0.458. The smallest absolute Gasteiger partial charge is 0.219 e. The molecule has 0 spiro atoms. The van der Waals surface area contributed by atoms with Crippen molar-refractivity contribution in [1.82, 2.24) is 10.3 Å². The van der Waals surface area contributed by atoms with Crippen LogP contribution >= 0.6 is 0 Å². The van der Waals surface area contributed by atoms with Crippen LogP contribution in [-0.4, -0.2) is 12.0 Å². The third-order valence-corrected chi connectivity index (χ3v) is 3.43. The molecule has 0 aliphatic carbocycles. The summed E-state index contributed by atoms with van der Waals surface area (Å²) in [6, 6.07) is 10.3. The number of hydrogen-bond donors (Lipinski definition) is 1. The van der Waals surface area contributed by atoms with Crippen molar-refractivity contribution in [1.29, 1.82) is 0 Å². The third-order valence-electron chi connectivity index (χ3n) is 3.43. The Morgan fingerprint density at radius 3 is 2.43 bits per heavy atom. The molecule has 2 aromatic rings. The second kappa shape index (κ2) is 6.27. The first kappa shape index (κ1) is 15.5. The molecule has 0 amide bonds. The van der Waals surface area contributed by atoms with Crippen molar-refractivity contribution in [3.8, 4) is 11.6 Å². The van der Waals surface area contributed by atoms with Gasteiger partial charge in [-0.15, -0.1) is 0 Å². The molecule has 1 aromatic heterocycles. The maximum atomic E-state index is 5.88. The largest absolute Gasteiger partial charge is 0.439 e. The Balaban J connectivity index is 2.16. The second-order valence-corrected chi connectivity index (χ2v) is 6.37. The van der Waals surface area contributed by atoms with Crippen molar-refractivity contribution in [3.05, 3.63) is 53.2 Å². The number of benzene rings is 1. The first-order chi connectivity index (χ1) is 9.90. The van der Waals surface area contributed by atoms with Crippen LogP contribution in [0, 0.1) is 6.92 Å². The Kier molecular flexibility index (Phi) is 4.63. The Morgan fingerprint density at radius 1 is 1.14 bits per heavy atom. The minimum Gasteiger partial charge on any atom is -0.439 e. The molecule has 0 aliphatic heterocycles. The van der Waals surface area contributed by atoms with Crippen LogP contribution in [0.1, 0.15) is 37.5 Å². The minimum absolute atomic E-state index is 0.149. The van der Waals surface area contributed by atoms with Gasteiger partial charge in [0.05, 0.1) is 0 Å². The van der Waals surface area contributed by atoms with Crippen LogP contribution < -0.4 is 10.1 Å². The number of ether oxygens (including phenoxy) is 1. The predicted octanol–water partition coefficient (Wildman–Crippen LogP) is 4.20. The van der Waals surface area contributed by atoms with E-state index in [1.807, 2.05) is 31.4 Å². The number of aromatic nitrogens is 1. The molecule has 112 valence electrons. The number of nitrogens with zero attached hydrogens (tertiary/aromatic N) is 1. The Bertz CT molecular complexity index is 598. The van der Waals surface area contributed by atoms with Gasteiger partial charge in [-0.2, -0.15) is 0 Å². The normalized spacial score (nSPS) is 11.5. The summed E-state index contributed by atoms with van der Waals surface area (Å²) in [7, 11) is 1.92. The van der Waals surface area contributed by atoms with Gasteiger partial charge in [0.15, 0.2) is 0 Å². The zero-order valence-electron chi connectivity index (χ0n) is 13.5. The van der Waals surface area contributed by atoms with Gasteiger partial charge in [-0.25, -0.2) is 4.98 Å². The molecule has 0 saturated carbocycles. The maximum absolute atomic E-state index is 5.88. The summed E-state index contributed by atoms with van der Waals surface area (Å²) < 4.78 is 5.88. The monoisotopic (exact) mass is 284 g/mol. The van der Waals surface area contributed by atoms with Crippen LogP contribution in [0.5, 0.6) is 11.6 Å². The summed E-state index contributed by atoms with van der Waals surface area (Å²) in [4.78, 5) is 4.34. The molecular weight excluding hydrogens is 260 g/mol. The number of aryl methyl sites for hydroxylation is 1. The highest BCUT2D eigenvalue weighted by atomic mass is 16.5. The van der Waals surface area contributed by atoms with Crippen molar-refractivity contribution in [3.63, 3.8) is 0 Å². The number of hydrogen-bond acceptors (Lipinski definition) is 3. The van der Waals surface area contributed by atoms with Gasteiger partial charge in [-0.05, 0) is 42.1 Å². The van der Waals surface area contributed by atoms with Crippen molar-refractivity contribution in [2.45, 2.75) is 39.7 Å². The molecule has 0 fully saturated rings. The van der Waals surface area contributed by atoms with E-state index in [-0.39, 0.29) is 5.41 Å². The fourth-order valence-electron chi connectivity index (χ4n) is 2.12. The molecule has 0 saturated heterocycles. The van der Waals surface area contributed by atoms with E-state index in [1.165, 1.54) is 5.56 Å². The van der Waals surface area contributed by atoms with E-state index in [4.69, 9.17) is 4.74 Å². The fourth-order valence-corrected chi connectivity index (χ4v) is 2.12. The highest BCUT2D eigenvalue weighted by molar-refractivity contribution is 5.40. The molecule has 3 heteroatoms. The molecule has 1 aromatic carbocycles. The van der Waals surface area contributed by atoms with Gasteiger partial charge in [-0.1, -0.05) is 39.0 Å². The van der Waals surface area contributed by atoms with Crippen molar-refractivity contribution in [2.24, 2.45) is 0 Å². The first-order valence-electron chi connectivity index (χ1n) is 7.28. The van der Waals surface area contributed by atoms with E-state index in [0.717, 1.165) is 23.4 Å². The Hall–Kier alpha value is -1.87. The summed E-state index contributed by atoms with van der Waals surface area (Å²) >= 11 is 0. The fraction of sp³-hybridized carbons (Fsp3) is 0.389. The molecule has 21 heavy (non-hydrogen) atoms. The highest BCUT2D eigenvalue weighted by Gasteiger charge is 2.15. The molecule has 0 aliphatic rings. The lowest BCUT2D eigenvalue weighted by atomic mass is 9.86. The zero-order valence-corrected chi connectivity index (χ0v) is 13.5. The number of nitrogens with one attached hydrogen (secondary N) is 1. The van der Waals surface area contributed by atoms with Crippen LogP contribution in [0.4, 0.5) is 0 Å². The zero-order chi connectivity index (χ0) is 15.5. The predicted molar refractivity (Wildman–Crippen MR) is 87.0 cm³/mol. The first-order valence-corrected chi connectivity index (χ1v) is 7.28. The summed E-state index contributed by atoms with van der Waals surface area (Å²) in [6.45, 7) is 9.52. The molecule has 0 atom stereocenters. The van der Waals surface area contributed by atoms with Gasteiger partial charge in [0.1, 0.15) is 5.75 Å². The summed E-state index contributed by atoms with van der Waals surface area (Å²) in [5.74, 6) is 1.48. The van der Waals surface area contributed by atoms with Gasteiger partial charge < -0.3 is 10.1 Å². The topological polar surface area (TPSA) is 34.1 Å². The quantitative estimate of drug-likeness (QED) is 0.913. The van der Waals surface area contributed by atoms with Gasteiger partial charge in [0.2, 0.25) is 5.88 Å². The van der Waals surface area contributed by atoms with Gasteiger partial charge >= 0.3 is 0 Å². The summed E-state index contributed by atoms with van der Waals surface area (Å²) in [5, 5.41) is 3.10. The van der Waals surface area contributed by atoms with Crippen LogP contribution in [0.15, 0.2) is 36.5 Å². The minimum atomic E-state index is 0.149. The molecule has 1 N–H and O–H groups in total. The molecule has 0 unspecified atom stereocenters. The third kappa shape index (κ3) is 4.05. The van der Waals surface area contributed by atoms with Crippen LogP contribution in [0.3, 0.4) is 0 Å². The average Bonchev–Trinajstić information content (AvgIpc) is 2.42. The van der Waals surface area contributed by atoms with Gasteiger partial charge in [0, 0.05) is 18.8 Å². The molecule has 0 radical (unpaired) electrons. The van der Waals surface area contributed by atoms with Crippen LogP contribution in [-0.2, 0) is 12.0 Å². The van der Waals surface area contributed by atoms with E-state index < -0.39 is 0 Å². The number of pyridine rings is 1. The van der Waals surface area contributed by atoms with E-state index >= 15 is 0 Å². The van der Waals surface area contributed by atoms with Crippen molar-refractivity contribution in [2.75, 3.05) is 7.05 Å². The van der Waals surface area contributed by atoms with Crippen molar-refractivity contribution < 1.29 is 4.74 Å². The second-order valence-electron chi connectivity index (χ2n) is 6.37. The SMILES string of the molecule is CNCc1ccc(Oc2ccc(C(C)(C)C)cc2C)nc1.